The van der Waals surface area contributed by atoms with Crippen LogP contribution >= 0.6 is 0 Å². The maximum Gasteiger partial charge on any atom is 0.231 e. The Morgan fingerprint density at radius 3 is 2.40 bits per heavy atom. The summed E-state index contributed by atoms with van der Waals surface area (Å²) in [6, 6.07) is 17.3. The first-order chi connectivity index (χ1) is 14.5. The van der Waals surface area contributed by atoms with Gasteiger partial charge in [0.1, 0.15) is 23.1 Å². The van der Waals surface area contributed by atoms with Crippen LogP contribution in [0.25, 0.3) is 6.08 Å². The van der Waals surface area contributed by atoms with E-state index in [4.69, 9.17) is 14.2 Å². The van der Waals surface area contributed by atoms with Gasteiger partial charge < -0.3 is 14.2 Å². The van der Waals surface area contributed by atoms with Crippen LogP contribution in [0.1, 0.15) is 26.3 Å². The normalized spacial score (nSPS) is 13.7. The third-order valence-electron chi connectivity index (χ3n) is 4.59. The number of carbonyl (C=O) groups is 2. The number of fused-ring (bicyclic) bond motifs is 1. The van der Waals surface area contributed by atoms with Gasteiger partial charge in [-0.15, -0.1) is 0 Å². The number of allylic oxidation sites excluding steroid dienone is 1. The van der Waals surface area contributed by atoms with Gasteiger partial charge in [0.2, 0.25) is 5.78 Å². The van der Waals surface area contributed by atoms with Gasteiger partial charge in [-0.1, -0.05) is 12.1 Å². The van der Waals surface area contributed by atoms with Crippen LogP contribution < -0.4 is 14.2 Å². The molecule has 6 heteroatoms. The highest BCUT2D eigenvalue weighted by molar-refractivity contribution is 6.14. The molecule has 0 aromatic heterocycles. The zero-order valence-electron chi connectivity index (χ0n) is 16.1. The van der Waals surface area contributed by atoms with Crippen molar-refractivity contribution in [3.63, 3.8) is 0 Å². The van der Waals surface area contributed by atoms with Crippen molar-refractivity contribution in [1.29, 1.82) is 0 Å². The predicted octanol–water partition coefficient (Wildman–Crippen LogP) is 4.71. The Hall–Kier alpha value is -3.93. The van der Waals surface area contributed by atoms with E-state index in [0.717, 1.165) is 0 Å². The molecular formula is C24H17FO5. The second-order valence-electron chi connectivity index (χ2n) is 6.59. The second-order valence-corrected chi connectivity index (χ2v) is 6.59. The van der Waals surface area contributed by atoms with Crippen molar-refractivity contribution < 1.29 is 28.2 Å². The Bertz CT molecular complexity index is 1130. The molecule has 0 saturated heterocycles. The molecule has 4 rings (SSSR count). The molecule has 1 aliphatic heterocycles. The number of hydrogen-bond acceptors (Lipinski definition) is 5. The van der Waals surface area contributed by atoms with E-state index in [9.17, 15) is 14.0 Å². The molecule has 0 spiro atoms. The summed E-state index contributed by atoms with van der Waals surface area (Å²) < 4.78 is 29.3. The minimum absolute atomic E-state index is 0.142. The molecule has 150 valence electrons. The minimum Gasteiger partial charge on any atom is -0.497 e. The Morgan fingerprint density at radius 1 is 1.00 bits per heavy atom. The number of benzene rings is 3. The third-order valence-corrected chi connectivity index (χ3v) is 4.59. The fourth-order valence-corrected chi connectivity index (χ4v) is 2.98. The predicted molar refractivity (Wildman–Crippen MR) is 109 cm³/mol. The highest BCUT2D eigenvalue weighted by Gasteiger charge is 2.27. The summed E-state index contributed by atoms with van der Waals surface area (Å²) in [5.74, 6) is 0.752. The second kappa shape index (κ2) is 8.21. The molecule has 5 nitrogen and oxygen atoms in total. The highest BCUT2D eigenvalue weighted by atomic mass is 19.1. The first kappa shape index (κ1) is 19.4. The number of halogens is 1. The van der Waals surface area contributed by atoms with Crippen molar-refractivity contribution in [2.24, 2.45) is 0 Å². The van der Waals surface area contributed by atoms with Gasteiger partial charge in [0.05, 0.1) is 12.7 Å². The lowest BCUT2D eigenvalue weighted by atomic mass is 10.1. The van der Waals surface area contributed by atoms with Crippen LogP contribution in [0, 0.1) is 5.82 Å². The zero-order valence-corrected chi connectivity index (χ0v) is 16.1. The molecule has 0 fully saturated rings. The van der Waals surface area contributed by atoms with Gasteiger partial charge in [-0.25, -0.2) is 4.39 Å². The molecule has 0 aliphatic carbocycles. The van der Waals surface area contributed by atoms with Gasteiger partial charge in [0.15, 0.2) is 18.1 Å². The molecule has 0 saturated carbocycles. The van der Waals surface area contributed by atoms with E-state index in [2.05, 4.69) is 0 Å². The van der Waals surface area contributed by atoms with Crippen molar-refractivity contribution in [1.82, 2.24) is 0 Å². The highest BCUT2D eigenvalue weighted by Crippen LogP contribution is 2.35. The fraction of sp³-hybridized carbons (Fsp3) is 0.0833. The average molecular weight is 404 g/mol. The lowest BCUT2D eigenvalue weighted by molar-refractivity contribution is 0.0920. The largest absolute Gasteiger partial charge is 0.497 e. The lowest BCUT2D eigenvalue weighted by Gasteiger charge is -2.07. The van der Waals surface area contributed by atoms with Crippen LogP contribution in [-0.4, -0.2) is 25.3 Å². The van der Waals surface area contributed by atoms with Gasteiger partial charge in [-0.3, -0.25) is 9.59 Å². The molecule has 1 aliphatic rings. The fourth-order valence-electron chi connectivity index (χ4n) is 2.98. The third kappa shape index (κ3) is 4.07. The number of ether oxygens (including phenoxy) is 3. The van der Waals surface area contributed by atoms with E-state index in [0.29, 0.717) is 33.9 Å². The zero-order chi connectivity index (χ0) is 21.1. The molecule has 3 aromatic rings. The minimum atomic E-state index is -0.356. The maximum absolute atomic E-state index is 13.0. The van der Waals surface area contributed by atoms with Gasteiger partial charge >= 0.3 is 0 Å². The van der Waals surface area contributed by atoms with Gasteiger partial charge in [-0.05, 0) is 60.2 Å². The number of rotatable bonds is 6. The SMILES string of the molecule is COc1ccc(C(=O)COc2ccc3c(c2)O/C(=C\c2ccc(F)cc2)C3=O)cc1. The summed E-state index contributed by atoms with van der Waals surface area (Å²) in [5.41, 5.74) is 1.55. The first-order valence-electron chi connectivity index (χ1n) is 9.17. The van der Waals surface area contributed by atoms with E-state index >= 15 is 0 Å². The van der Waals surface area contributed by atoms with Crippen LogP contribution in [0.5, 0.6) is 17.2 Å². The summed E-state index contributed by atoms with van der Waals surface area (Å²) in [5, 5.41) is 0. The molecule has 30 heavy (non-hydrogen) atoms. The van der Waals surface area contributed by atoms with Crippen molar-refractivity contribution in [2.45, 2.75) is 0 Å². The van der Waals surface area contributed by atoms with Gasteiger partial charge in [0, 0.05) is 11.6 Å². The summed E-state index contributed by atoms with van der Waals surface area (Å²) in [6.45, 7) is -0.155. The van der Waals surface area contributed by atoms with Gasteiger partial charge in [0.25, 0.3) is 0 Å². The number of Topliss-reactive ketones (excluding diaryl/α,β-unsaturated/α-hetero) is 2. The quantitative estimate of drug-likeness (QED) is 0.440. The molecule has 0 unspecified atom stereocenters. The van der Waals surface area contributed by atoms with Crippen molar-refractivity contribution in [3.8, 4) is 17.2 Å². The average Bonchev–Trinajstić information content (AvgIpc) is 3.08. The van der Waals surface area contributed by atoms with Crippen LogP contribution in [-0.2, 0) is 0 Å². The Balaban J connectivity index is 1.44. The van der Waals surface area contributed by atoms with Crippen molar-refractivity contribution in [3.05, 3.63) is 95.0 Å². The molecule has 0 N–H and O–H groups in total. The molecule has 1 heterocycles. The van der Waals surface area contributed by atoms with E-state index in [1.807, 2.05) is 0 Å². The molecule has 0 atom stereocenters. The topological polar surface area (TPSA) is 61.8 Å². The van der Waals surface area contributed by atoms with E-state index in [1.165, 1.54) is 12.1 Å². The molecule has 0 bridgehead atoms. The molecular weight excluding hydrogens is 387 g/mol. The Kier molecular flexibility index (Phi) is 5.30. The standard InChI is InChI=1S/C24H17FO5/c1-28-18-8-4-16(5-9-18)21(26)14-29-19-10-11-20-22(13-19)30-23(24(20)27)12-15-2-6-17(25)7-3-15/h2-13H,14H2,1H3/b23-12-. The number of ketones is 2. The molecule has 3 aromatic carbocycles. The summed E-state index contributed by atoms with van der Waals surface area (Å²) in [7, 11) is 1.56. The van der Waals surface area contributed by atoms with Crippen LogP contribution in [0.3, 0.4) is 0 Å². The molecule has 0 radical (unpaired) electrons. The summed E-state index contributed by atoms with van der Waals surface area (Å²) in [6.07, 6.45) is 1.55. The Labute approximate surface area is 172 Å². The van der Waals surface area contributed by atoms with E-state index < -0.39 is 0 Å². The van der Waals surface area contributed by atoms with Crippen LogP contribution in [0.4, 0.5) is 4.39 Å². The van der Waals surface area contributed by atoms with E-state index in [-0.39, 0.29) is 29.7 Å². The smallest absolute Gasteiger partial charge is 0.231 e. The first-order valence-corrected chi connectivity index (χ1v) is 9.17. The monoisotopic (exact) mass is 404 g/mol. The van der Waals surface area contributed by atoms with Crippen molar-refractivity contribution in [2.75, 3.05) is 13.7 Å². The summed E-state index contributed by atoms with van der Waals surface area (Å²) in [4.78, 5) is 24.8. The number of hydrogen-bond donors (Lipinski definition) is 0. The Morgan fingerprint density at radius 2 is 1.70 bits per heavy atom. The maximum atomic E-state index is 13.0. The number of methoxy groups -OCH3 is 1. The van der Waals surface area contributed by atoms with E-state index in [1.54, 1.807) is 67.8 Å². The molecule has 0 amide bonds. The summed E-state index contributed by atoms with van der Waals surface area (Å²) >= 11 is 0. The van der Waals surface area contributed by atoms with Crippen LogP contribution in [0.15, 0.2) is 72.5 Å². The van der Waals surface area contributed by atoms with Gasteiger partial charge in [-0.2, -0.15) is 0 Å². The number of carbonyl (C=O) groups excluding carboxylic acids is 2. The van der Waals surface area contributed by atoms with Crippen LogP contribution in [0.2, 0.25) is 0 Å². The van der Waals surface area contributed by atoms with Crippen molar-refractivity contribution >= 4 is 17.6 Å². The lowest BCUT2D eigenvalue weighted by Crippen LogP contribution is -2.11.